The summed E-state index contributed by atoms with van der Waals surface area (Å²) in [6.45, 7) is 0. The summed E-state index contributed by atoms with van der Waals surface area (Å²) in [4.78, 5) is 0. The van der Waals surface area contributed by atoms with Crippen LogP contribution in [0.4, 0.5) is 0 Å². The van der Waals surface area contributed by atoms with Crippen LogP contribution in [0.2, 0.25) is 0 Å². The first-order chi connectivity index (χ1) is 5.90. The van der Waals surface area contributed by atoms with Crippen molar-refractivity contribution in [3.63, 3.8) is 0 Å². The van der Waals surface area contributed by atoms with Gasteiger partial charge in [0.2, 0.25) is 12.3 Å². The smallest absolute Gasteiger partial charge is 0.223 e. The molecule has 0 fully saturated rings. The van der Waals surface area contributed by atoms with Crippen LogP contribution in [0.1, 0.15) is 0 Å². The van der Waals surface area contributed by atoms with E-state index in [2.05, 4.69) is 0 Å². The first-order valence-electron chi connectivity index (χ1n) is 3.37. The molecule has 0 saturated carbocycles. The number of hydrogen-bond acceptors (Lipinski definition) is 4. The maximum Gasteiger partial charge on any atom is 0.223 e. The number of fused-ring (bicyclic) bond motifs is 1. The summed E-state index contributed by atoms with van der Waals surface area (Å²) in [7, 11) is 0. The van der Waals surface area contributed by atoms with Gasteiger partial charge in [0.25, 0.3) is 0 Å². The summed E-state index contributed by atoms with van der Waals surface area (Å²) < 4.78 is 14.5. The van der Waals surface area contributed by atoms with Gasteiger partial charge in [-0.1, -0.05) is 29.5 Å². The summed E-state index contributed by atoms with van der Waals surface area (Å²) in [6.07, 6.45) is 0. The van der Waals surface area contributed by atoms with Crippen molar-refractivity contribution < 1.29 is 8.74 Å². The zero-order chi connectivity index (χ0) is 8.39. The van der Waals surface area contributed by atoms with Crippen LogP contribution >= 0.6 is 23.7 Å². The first kappa shape index (κ1) is 7.91. The highest BCUT2D eigenvalue weighted by atomic mass is 32.2. The predicted octanol–water partition coefficient (Wildman–Crippen LogP) is 3.40. The van der Waals surface area contributed by atoms with E-state index in [1.54, 1.807) is 0 Å². The molecule has 0 unspecified atom stereocenters. The Morgan fingerprint density at radius 3 is 2.92 bits per heavy atom. The molecule has 1 heterocycles. The van der Waals surface area contributed by atoms with Crippen LogP contribution in [0, 0.1) is 0 Å². The van der Waals surface area contributed by atoms with Gasteiger partial charge < -0.3 is 4.18 Å². The summed E-state index contributed by atoms with van der Waals surface area (Å²) in [5.74, 6) is 0. The second-order valence-corrected chi connectivity index (χ2v) is 3.62. The van der Waals surface area contributed by atoms with Gasteiger partial charge in [0.1, 0.15) is 0 Å². The summed E-state index contributed by atoms with van der Waals surface area (Å²) in [6, 6.07) is 9.90. The third kappa shape index (κ3) is 1.41. The molecule has 2 rings (SSSR count). The molecule has 0 amide bonds. The van der Waals surface area contributed by atoms with E-state index in [1.165, 1.54) is 16.0 Å². The number of rotatable bonds is 2. The Hall–Kier alpha value is -0.710. The van der Waals surface area contributed by atoms with Crippen LogP contribution in [0.15, 0.2) is 30.3 Å². The minimum absolute atomic E-state index is 0.380. The molecule has 2 aromatic rings. The van der Waals surface area contributed by atoms with Gasteiger partial charge in [0, 0.05) is 10.8 Å². The Morgan fingerprint density at radius 1 is 1.33 bits per heavy atom. The van der Waals surface area contributed by atoms with Gasteiger partial charge >= 0.3 is 0 Å². The number of benzene rings is 1. The molecule has 0 aliphatic rings. The SMILES string of the molecule is OSOc1cc2ccccc2s1. The van der Waals surface area contributed by atoms with Crippen LogP contribution in [0.25, 0.3) is 10.1 Å². The summed E-state index contributed by atoms with van der Waals surface area (Å²) in [5, 5.41) is 1.87. The van der Waals surface area contributed by atoms with Crippen LogP contribution in [0.3, 0.4) is 0 Å². The molecule has 0 saturated heterocycles. The minimum Gasteiger partial charge on any atom is -0.389 e. The van der Waals surface area contributed by atoms with Gasteiger partial charge in [-0.2, -0.15) is 0 Å². The highest BCUT2D eigenvalue weighted by molar-refractivity contribution is 7.89. The van der Waals surface area contributed by atoms with Crippen molar-refractivity contribution in [3.8, 4) is 5.06 Å². The number of hydrogen-bond donors (Lipinski definition) is 1. The van der Waals surface area contributed by atoms with Gasteiger partial charge in [-0.25, -0.2) is 0 Å². The second-order valence-electron chi connectivity index (χ2n) is 2.26. The molecular formula is C8H6O2S2. The van der Waals surface area contributed by atoms with E-state index in [9.17, 15) is 0 Å². The van der Waals surface area contributed by atoms with Gasteiger partial charge in [-0.3, -0.25) is 4.55 Å². The van der Waals surface area contributed by atoms with Crippen LogP contribution in [-0.2, 0) is 0 Å². The topological polar surface area (TPSA) is 29.5 Å². The van der Waals surface area contributed by atoms with Crippen molar-refractivity contribution >= 4 is 33.7 Å². The predicted molar refractivity (Wildman–Crippen MR) is 52.7 cm³/mol. The lowest BCUT2D eigenvalue weighted by Gasteiger charge is -1.89. The average molecular weight is 198 g/mol. The molecule has 12 heavy (non-hydrogen) atoms. The lowest BCUT2D eigenvalue weighted by Crippen LogP contribution is -1.70. The zero-order valence-corrected chi connectivity index (χ0v) is 7.69. The molecule has 62 valence electrons. The Morgan fingerprint density at radius 2 is 2.17 bits per heavy atom. The fourth-order valence-corrected chi connectivity index (χ4v) is 2.18. The Kier molecular flexibility index (Phi) is 2.21. The fourth-order valence-electron chi connectivity index (χ4n) is 1.04. The summed E-state index contributed by atoms with van der Waals surface area (Å²) in [5.41, 5.74) is 0. The molecule has 2 nitrogen and oxygen atoms in total. The van der Waals surface area contributed by atoms with Crippen molar-refractivity contribution in [2.45, 2.75) is 0 Å². The van der Waals surface area contributed by atoms with E-state index < -0.39 is 0 Å². The molecule has 0 atom stereocenters. The Balaban J connectivity index is 2.47. The molecule has 0 spiro atoms. The molecule has 1 aromatic carbocycles. The van der Waals surface area contributed by atoms with Crippen LogP contribution < -0.4 is 4.18 Å². The van der Waals surface area contributed by atoms with E-state index in [0.29, 0.717) is 12.3 Å². The molecule has 0 radical (unpaired) electrons. The van der Waals surface area contributed by atoms with Gasteiger partial charge in [-0.05, 0) is 11.5 Å². The monoisotopic (exact) mass is 198 g/mol. The second kappa shape index (κ2) is 3.35. The quantitative estimate of drug-likeness (QED) is 0.750. The summed E-state index contributed by atoms with van der Waals surface area (Å²) >= 11 is 1.90. The van der Waals surface area contributed by atoms with Crippen molar-refractivity contribution in [1.82, 2.24) is 0 Å². The third-order valence-corrected chi connectivity index (χ3v) is 2.88. The van der Waals surface area contributed by atoms with Crippen molar-refractivity contribution in [3.05, 3.63) is 30.3 Å². The van der Waals surface area contributed by atoms with E-state index in [0.717, 1.165) is 10.4 Å². The van der Waals surface area contributed by atoms with E-state index in [4.69, 9.17) is 8.74 Å². The van der Waals surface area contributed by atoms with Gasteiger partial charge in [0.15, 0.2) is 5.06 Å². The Labute approximate surface area is 78.2 Å². The minimum atomic E-state index is 0.380. The third-order valence-electron chi connectivity index (χ3n) is 1.52. The maximum atomic E-state index is 8.45. The molecule has 4 heteroatoms. The van der Waals surface area contributed by atoms with Crippen LogP contribution in [0.5, 0.6) is 5.06 Å². The van der Waals surface area contributed by atoms with E-state index in [-0.39, 0.29) is 0 Å². The number of thiophene rings is 1. The van der Waals surface area contributed by atoms with E-state index >= 15 is 0 Å². The first-order valence-corrected chi connectivity index (χ1v) is 4.88. The largest absolute Gasteiger partial charge is 0.389 e. The maximum absolute atomic E-state index is 8.45. The highest BCUT2D eigenvalue weighted by Crippen LogP contribution is 2.32. The molecule has 0 bridgehead atoms. The molecular weight excluding hydrogens is 192 g/mol. The molecule has 1 aromatic heterocycles. The lowest BCUT2D eigenvalue weighted by molar-refractivity contribution is 0.549. The molecule has 1 N–H and O–H groups in total. The van der Waals surface area contributed by atoms with Crippen molar-refractivity contribution in [2.24, 2.45) is 0 Å². The van der Waals surface area contributed by atoms with Crippen LogP contribution in [-0.4, -0.2) is 4.55 Å². The standard InChI is InChI=1S/C8H6O2S2/c9-12-10-8-5-6-3-1-2-4-7(6)11-8/h1-5,9H. The molecule has 0 aliphatic heterocycles. The fraction of sp³-hybridized carbons (Fsp3) is 0. The normalized spacial score (nSPS) is 10.4. The average Bonchev–Trinajstić information content (AvgIpc) is 2.47. The van der Waals surface area contributed by atoms with Gasteiger partial charge in [-0.15, -0.1) is 0 Å². The molecule has 0 aliphatic carbocycles. The van der Waals surface area contributed by atoms with Crippen molar-refractivity contribution in [2.75, 3.05) is 0 Å². The highest BCUT2D eigenvalue weighted by Gasteiger charge is 2.00. The lowest BCUT2D eigenvalue weighted by atomic mass is 10.3. The van der Waals surface area contributed by atoms with Crippen molar-refractivity contribution in [1.29, 1.82) is 0 Å². The Bertz CT molecular complexity index is 350. The van der Waals surface area contributed by atoms with E-state index in [1.807, 2.05) is 30.3 Å². The van der Waals surface area contributed by atoms with Gasteiger partial charge in [0.05, 0.1) is 0 Å². The zero-order valence-electron chi connectivity index (χ0n) is 6.06.